The van der Waals surface area contributed by atoms with E-state index in [0.717, 1.165) is 16.6 Å². The van der Waals surface area contributed by atoms with Crippen molar-refractivity contribution in [3.05, 3.63) is 64.1 Å². The fourth-order valence-electron chi connectivity index (χ4n) is 1.79. The predicted octanol–water partition coefficient (Wildman–Crippen LogP) is 4.98. The molecule has 2 heteroatoms. The van der Waals surface area contributed by atoms with E-state index >= 15 is 0 Å². The Balaban J connectivity index is 1.91. The van der Waals surface area contributed by atoms with Crippen molar-refractivity contribution < 1.29 is 4.74 Å². The SMILES string of the molecule is CCCc1ccc(OCc2ccc(Br)cc2)cc1. The molecule has 0 spiro atoms. The molecule has 0 atom stereocenters. The molecule has 2 aromatic carbocycles. The van der Waals surface area contributed by atoms with E-state index in [1.54, 1.807) is 0 Å². The third-order valence-corrected chi connectivity index (χ3v) is 3.31. The summed E-state index contributed by atoms with van der Waals surface area (Å²) < 4.78 is 6.84. The number of ether oxygens (including phenoxy) is 1. The van der Waals surface area contributed by atoms with Gasteiger partial charge in [0.2, 0.25) is 0 Å². The van der Waals surface area contributed by atoms with Gasteiger partial charge in [-0.05, 0) is 41.8 Å². The third kappa shape index (κ3) is 3.88. The Morgan fingerprint density at radius 2 is 1.50 bits per heavy atom. The maximum atomic E-state index is 5.75. The average molecular weight is 305 g/mol. The van der Waals surface area contributed by atoms with Gasteiger partial charge in [0, 0.05) is 4.47 Å². The van der Waals surface area contributed by atoms with Crippen molar-refractivity contribution >= 4 is 15.9 Å². The van der Waals surface area contributed by atoms with Crippen LogP contribution in [0.2, 0.25) is 0 Å². The lowest BCUT2D eigenvalue weighted by molar-refractivity contribution is 0.306. The van der Waals surface area contributed by atoms with Gasteiger partial charge in [-0.25, -0.2) is 0 Å². The number of halogens is 1. The van der Waals surface area contributed by atoms with Crippen molar-refractivity contribution in [2.45, 2.75) is 26.4 Å². The van der Waals surface area contributed by atoms with Crippen LogP contribution in [0.15, 0.2) is 53.0 Å². The van der Waals surface area contributed by atoms with Gasteiger partial charge in [0.1, 0.15) is 12.4 Å². The standard InChI is InChI=1S/C16H17BrO/c1-2-3-13-6-10-16(11-7-13)18-12-14-4-8-15(17)9-5-14/h4-11H,2-3,12H2,1H3. The van der Waals surface area contributed by atoms with Crippen LogP contribution in [0.4, 0.5) is 0 Å². The van der Waals surface area contributed by atoms with Crippen LogP contribution < -0.4 is 4.74 Å². The molecule has 0 amide bonds. The molecule has 0 radical (unpaired) electrons. The highest BCUT2D eigenvalue weighted by molar-refractivity contribution is 9.10. The summed E-state index contributed by atoms with van der Waals surface area (Å²) in [7, 11) is 0. The molecule has 0 fully saturated rings. The van der Waals surface area contributed by atoms with Gasteiger partial charge in [-0.2, -0.15) is 0 Å². The zero-order valence-electron chi connectivity index (χ0n) is 10.5. The molecular weight excluding hydrogens is 288 g/mol. The highest BCUT2D eigenvalue weighted by Gasteiger charge is 1.97. The van der Waals surface area contributed by atoms with Crippen molar-refractivity contribution in [2.24, 2.45) is 0 Å². The van der Waals surface area contributed by atoms with E-state index in [2.05, 4.69) is 47.1 Å². The van der Waals surface area contributed by atoms with Gasteiger partial charge in [0.25, 0.3) is 0 Å². The molecule has 0 unspecified atom stereocenters. The van der Waals surface area contributed by atoms with Crippen LogP contribution in [0.3, 0.4) is 0 Å². The van der Waals surface area contributed by atoms with Crippen LogP contribution in [0.25, 0.3) is 0 Å². The molecule has 0 aromatic heterocycles. The summed E-state index contributed by atoms with van der Waals surface area (Å²) >= 11 is 3.42. The van der Waals surface area contributed by atoms with E-state index in [1.165, 1.54) is 17.5 Å². The summed E-state index contributed by atoms with van der Waals surface area (Å²) in [6.07, 6.45) is 2.31. The van der Waals surface area contributed by atoms with Gasteiger partial charge in [-0.15, -0.1) is 0 Å². The molecule has 0 N–H and O–H groups in total. The zero-order valence-corrected chi connectivity index (χ0v) is 12.1. The molecule has 1 nitrogen and oxygen atoms in total. The number of rotatable bonds is 5. The maximum Gasteiger partial charge on any atom is 0.119 e. The Labute approximate surface area is 117 Å². The lowest BCUT2D eigenvalue weighted by Crippen LogP contribution is -1.95. The summed E-state index contributed by atoms with van der Waals surface area (Å²) in [4.78, 5) is 0. The second kappa shape index (κ2) is 6.60. The van der Waals surface area contributed by atoms with Gasteiger partial charge in [0.15, 0.2) is 0 Å². The molecule has 94 valence electrons. The highest BCUT2D eigenvalue weighted by Crippen LogP contribution is 2.16. The summed E-state index contributed by atoms with van der Waals surface area (Å²) in [5, 5.41) is 0. The molecule has 0 aliphatic carbocycles. The molecule has 0 bridgehead atoms. The van der Waals surface area contributed by atoms with Crippen molar-refractivity contribution in [1.29, 1.82) is 0 Å². The predicted molar refractivity (Wildman–Crippen MR) is 78.9 cm³/mol. The minimum atomic E-state index is 0.612. The largest absolute Gasteiger partial charge is 0.489 e. The van der Waals surface area contributed by atoms with Crippen molar-refractivity contribution in [2.75, 3.05) is 0 Å². The first-order valence-electron chi connectivity index (χ1n) is 6.24. The Kier molecular flexibility index (Phi) is 4.82. The second-order valence-corrected chi connectivity index (χ2v) is 5.22. The Bertz CT molecular complexity index is 473. The van der Waals surface area contributed by atoms with Crippen LogP contribution >= 0.6 is 15.9 Å². The smallest absolute Gasteiger partial charge is 0.119 e. The van der Waals surface area contributed by atoms with E-state index in [-0.39, 0.29) is 0 Å². The van der Waals surface area contributed by atoms with Gasteiger partial charge in [0.05, 0.1) is 0 Å². The molecule has 2 rings (SSSR count). The Hall–Kier alpha value is -1.28. The molecule has 0 saturated carbocycles. The lowest BCUT2D eigenvalue weighted by Gasteiger charge is -2.07. The van der Waals surface area contributed by atoms with Gasteiger partial charge >= 0.3 is 0 Å². The molecule has 0 heterocycles. The minimum Gasteiger partial charge on any atom is -0.489 e. The summed E-state index contributed by atoms with van der Waals surface area (Å²) in [5.41, 5.74) is 2.55. The molecule has 0 aliphatic heterocycles. The first-order valence-corrected chi connectivity index (χ1v) is 7.03. The van der Waals surface area contributed by atoms with Gasteiger partial charge in [-0.1, -0.05) is 53.5 Å². The van der Waals surface area contributed by atoms with Crippen molar-refractivity contribution in [1.82, 2.24) is 0 Å². The molecule has 0 saturated heterocycles. The third-order valence-electron chi connectivity index (χ3n) is 2.78. The monoisotopic (exact) mass is 304 g/mol. The zero-order chi connectivity index (χ0) is 12.8. The van der Waals surface area contributed by atoms with Gasteiger partial charge in [-0.3, -0.25) is 0 Å². The molecule has 18 heavy (non-hydrogen) atoms. The summed E-state index contributed by atoms with van der Waals surface area (Å²) in [6, 6.07) is 16.6. The lowest BCUT2D eigenvalue weighted by atomic mass is 10.1. The number of aryl methyl sites for hydroxylation is 1. The normalized spacial score (nSPS) is 10.3. The first-order chi connectivity index (χ1) is 8.78. The van der Waals surface area contributed by atoms with Crippen molar-refractivity contribution in [3.8, 4) is 5.75 Å². The van der Waals surface area contributed by atoms with E-state index in [0.29, 0.717) is 6.61 Å². The molecular formula is C16H17BrO. The topological polar surface area (TPSA) is 9.23 Å². The minimum absolute atomic E-state index is 0.612. The van der Waals surface area contributed by atoms with Crippen LogP contribution in [0, 0.1) is 0 Å². The average Bonchev–Trinajstić information content (AvgIpc) is 2.40. The van der Waals surface area contributed by atoms with E-state index < -0.39 is 0 Å². The van der Waals surface area contributed by atoms with Crippen LogP contribution in [-0.4, -0.2) is 0 Å². The highest BCUT2D eigenvalue weighted by atomic mass is 79.9. The van der Waals surface area contributed by atoms with Crippen LogP contribution in [0.5, 0.6) is 5.75 Å². The first kappa shape index (κ1) is 13.2. The summed E-state index contributed by atoms with van der Waals surface area (Å²) in [5.74, 6) is 0.928. The van der Waals surface area contributed by atoms with Gasteiger partial charge < -0.3 is 4.74 Å². The van der Waals surface area contributed by atoms with Crippen LogP contribution in [-0.2, 0) is 13.0 Å². The second-order valence-electron chi connectivity index (χ2n) is 4.31. The number of hydrogen-bond acceptors (Lipinski definition) is 1. The Morgan fingerprint density at radius 3 is 2.11 bits per heavy atom. The quantitative estimate of drug-likeness (QED) is 0.757. The molecule has 0 aliphatic rings. The fourth-order valence-corrected chi connectivity index (χ4v) is 2.05. The van der Waals surface area contributed by atoms with Crippen LogP contribution in [0.1, 0.15) is 24.5 Å². The van der Waals surface area contributed by atoms with E-state index in [9.17, 15) is 0 Å². The number of hydrogen-bond donors (Lipinski definition) is 0. The fraction of sp³-hybridized carbons (Fsp3) is 0.250. The van der Waals surface area contributed by atoms with Crippen molar-refractivity contribution in [3.63, 3.8) is 0 Å². The number of benzene rings is 2. The maximum absolute atomic E-state index is 5.75. The summed E-state index contributed by atoms with van der Waals surface area (Å²) in [6.45, 7) is 2.80. The molecule has 2 aromatic rings. The van der Waals surface area contributed by atoms with E-state index in [1.807, 2.05) is 24.3 Å². The Morgan fingerprint density at radius 1 is 0.889 bits per heavy atom. The van der Waals surface area contributed by atoms with E-state index in [4.69, 9.17) is 4.74 Å².